The number of thioether (sulfide) groups is 1. The first-order chi connectivity index (χ1) is 7.06. The highest BCUT2D eigenvalue weighted by atomic mass is 32.2. The second-order valence-electron chi connectivity index (χ2n) is 3.93. The van der Waals surface area contributed by atoms with Crippen molar-refractivity contribution in [3.05, 3.63) is 24.2 Å². The Bertz CT molecular complexity index is 309. The molecule has 0 unspecified atom stereocenters. The molecule has 84 valence electrons. The van der Waals surface area contributed by atoms with E-state index in [4.69, 9.17) is 10.3 Å². The number of nitrogens with one attached hydrogen (secondary N) is 1. The van der Waals surface area contributed by atoms with Crippen molar-refractivity contribution in [2.45, 2.75) is 19.6 Å². The molecule has 0 bridgehead atoms. The lowest BCUT2D eigenvalue weighted by Gasteiger charge is -2.21. The molecule has 1 heterocycles. The quantitative estimate of drug-likeness (QED) is 0.455. The molecule has 3 N–H and O–H groups in total. The van der Waals surface area contributed by atoms with Gasteiger partial charge in [0.2, 0.25) is 5.91 Å². The number of amides is 1. The fourth-order valence-corrected chi connectivity index (χ4v) is 2.17. The minimum atomic E-state index is -0.452. The molecule has 1 amide bonds. The molecule has 0 fully saturated rings. The minimum absolute atomic E-state index is 0.144. The largest absolute Gasteiger partial charge is 0.468 e. The van der Waals surface area contributed by atoms with Crippen LogP contribution in [0.2, 0.25) is 0 Å². The van der Waals surface area contributed by atoms with Crippen LogP contribution in [0.3, 0.4) is 0 Å². The van der Waals surface area contributed by atoms with E-state index >= 15 is 0 Å². The summed E-state index contributed by atoms with van der Waals surface area (Å²) in [5.41, 5.74) is 1.72. The van der Waals surface area contributed by atoms with Gasteiger partial charge in [0.15, 0.2) is 0 Å². The number of hydrogen-bond donors (Lipinski definition) is 2. The van der Waals surface area contributed by atoms with Gasteiger partial charge in [0.25, 0.3) is 0 Å². The number of carbonyl (C=O) groups is 1. The number of carbonyl (C=O) groups excluding carboxylic acids is 1. The molecule has 1 aromatic heterocycles. The van der Waals surface area contributed by atoms with Crippen LogP contribution in [0.1, 0.15) is 19.6 Å². The third-order valence-electron chi connectivity index (χ3n) is 2.03. The number of furan rings is 1. The van der Waals surface area contributed by atoms with Crippen LogP contribution < -0.4 is 11.3 Å². The summed E-state index contributed by atoms with van der Waals surface area (Å²) in [5.74, 6) is 7.35. The summed E-state index contributed by atoms with van der Waals surface area (Å²) in [6.45, 7) is 3.73. The fraction of sp³-hybridized carbons (Fsp3) is 0.500. The Morgan fingerprint density at radius 2 is 2.40 bits per heavy atom. The van der Waals surface area contributed by atoms with Crippen molar-refractivity contribution in [3.63, 3.8) is 0 Å². The number of hydrazine groups is 1. The van der Waals surface area contributed by atoms with Gasteiger partial charge >= 0.3 is 0 Å². The third-order valence-corrected chi connectivity index (χ3v) is 3.45. The molecule has 15 heavy (non-hydrogen) atoms. The average Bonchev–Trinajstić information content (AvgIpc) is 2.69. The molecule has 1 aromatic rings. The zero-order valence-corrected chi connectivity index (χ0v) is 9.76. The molecule has 0 atom stereocenters. The fourth-order valence-electron chi connectivity index (χ4n) is 1.06. The summed E-state index contributed by atoms with van der Waals surface area (Å²) < 4.78 is 5.19. The van der Waals surface area contributed by atoms with E-state index in [9.17, 15) is 4.79 Å². The van der Waals surface area contributed by atoms with E-state index in [1.54, 1.807) is 18.0 Å². The molecule has 0 aliphatic heterocycles. The Morgan fingerprint density at radius 1 is 1.67 bits per heavy atom. The number of nitrogens with two attached hydrogens (primary N) is 1. The second kappa shape index (κ2) is 5.23. The molecule has 0 radical (unpaired) electrons. The van der Waals surface area contributed by atoms with E-state index in [0.29, 0.717) is 5.75 Å². The molecule has 4 nitrogen and oxygen atoms in total. The van der Waals surface area contributed by atoms with E-state index < -0.39 is 5.41 Å². The minimum Gasteiger partial charge on any atom is -0.468 e. The zero-order valence-electron chi connectivity index (χ0n) is 8.95. The number of rotatable bonds is 5. The molecular formula is C10H16N2O2S. The van der Waals surface area contributed by atoms with Gasteiger partial charge in [-0.3, -0.25) is 10.2 Å². The molecule has 0 aromatic carbocycles. The van der Waals surface area contributed by atoms with E-state index in [-0.39, 0.29) is 5.91 Å². The first-order valence-electron chi connectivity index (χ1n) is 4.67. The predicted octanol–water partition coefficient (Wildman–Crippen LogP) is 1.53. The highest BCUT2D eigenvalue weighted by Crippen LogP contribution is 2.24. The van der Waals surface area contributed by atoms with Gasteiger partial charge in [-0.1, -0.05) is 13.8 Å². The summed E-state index contributed by atoms with van der Waals surface area (Å²) in [5, 5.41) is 0. The Kier molecular flexibility index (Phi) is 4.23. The molecule has 1 rings (SSSR count). The van der Waals surface area contributed by atoms with Gasteiger partial charge in [-0.2, -0.15) is 11.8 Å². The number of hydrogen-bond acceptors (Lipinski definition) is 4. The van der Waals surface area contributed by atoms with Crippen LogP contribution in [-0.2, 0) is 10.5 Å². The molecule has 0 saturated heterocycles. The molecule has 0 spiro atoms. The van der Waals surface area contributed by atoms with Crippen LogP contribution in [-0.4, -0.2) is 11.7 Å². The van der Waals surface area contributed by atoms with Crippen molar-refractivity contribution in [2.75, 3.05) is 5.75 Å². The van der Waals surface area contributed by atoms with Crippen molar-refractivity contribution in [3.8, 4) is 0 Å². The maximum absolute atomic E-state index is 11.4. The van der Waals surface area contributed by atoms with Crippen molar-refractivity contribution in [2.24, 2.45) is 11.3 Å². The monoisotopic (exact) mass is 228 g/mol. The summed E-state index contributed by atoms with van der Waals surface area (Å²) in [4.78, 5) is 11.4. The van der Waals surface area contributed by atoms with E-state index in [1.165, 1.54) is 0 Å². The zero-order chi connectivity index (χ0) is 11.3. The lowest BCUT2D eigenvalue weighted by Crippen LogP contribution is -2.42. The van der Waals surface area contributed by atoms with Gasteiger partial charge in [0, 0.05) is 5.75 Å². The van der Waals surface area contributed by atoms with Crippen molar-refractivity contribution in [1.29, 1.82) is 0 Å². The van der Waals surface area contributed by atoms with Crippen LogP contribution in [0.5, 0.6) is 0 Å². The summed E-state index contributed by atoms with van der Waals surface area (Å²) in [6, 6.07) is 3.77. The predicted molar refractivity (Wildman–Crippen MR) is 61.0 cm³/mol. The summed E-state index contributed by atoms with van der Waals surface area (Å²) >= 11 is 1.65. The molecule has 0 aliphatic rings. The molecular weight excluding hydrogens is 212 g/mol. The Balaban J connectivity index is 2.33. The van der Waals surface area contributed by atoms with Crippen LogP contribution in [0.25, 0.3) is 0 Å². The van der Waals surface area contributed by atoms with Gasteiger partial charge in [-0.15, -0.1) is 0 Å². The molecule has 0 aliphatic carbocycles. The SMILES string of the molecule is CC(C)(CSCc1ccco1)C(=O)NN. The van der Waals surface area contributed by atoms with E-state index in [0.717, 1.165) is 11.5 Å². The van der Waals surface area contributed by atoms with Crippen molar-refractivity contribution < 1.29 is 9.21 Å². The van der Waals surface area contributed by atoms with Gasteiger partial charge in [0.1, 0.15) is 5.76 Å². The lowest BCUT2D eigenvalue weighted by atomic mass is 9.96. The van der Waals surface area contributed by atoms with E-state index in [1.807, 2.05) is 26.0 Å². The smallest absolute Gasteiger partial charge is 0.240 e. The van der Waals surface area contributed by atoms with Crippen LogP contribution >= 0.6 is 11.8 Å². The summed E-state index contributed by atoms with van der Waals surface area (Å²) in [7, 11) is 0. The third kappa shape index (κ3) is 3.60. The van der Waals surface area contributed by atoms with Gasteiger partial charge in [0.05, 0.1) is 17.4 Å². The normalized spacial score (nSPS) is 11.4. The van der Waals surface area contributed by atoms with E-state index in [2.05, 4.69) is 5.43 Å². The standard InChI is InChI=1S/C10H16N2O2S/c1-10(2,9(13)12-11)7-15-6-8-4-3-5-14-8/h3-5H,6-7,11H2,1-2H3,(H,12,13). The van der Waals surface area contributed by atoms with Gasteiger partial charge in [-0.05, 0) is 12.1 Å². The maximum Gasteiger partial charge on any atom is 0.240 e. The van der Waals surface area contributed by atoms with Gasteiger partial charge in [-0.25, -0.2) is 5.84 Å². The highest BCUT2D eigenvalue weighted by molar-refractivity contribution is 7.98. The highest BCUT2D eigenvalue weighted by Gasteiger charge is 2.26. The van der Waals surface area contributed by atoms with Crippen LogP contribution in [0, 0.1) is 5.41 Å². The molecule has 5 heteroatoms. The van der Waals surface area contributed by atoms with Crippen molar-refractivity contribution >= 4 is 17.7 Å². The van der Waals surface area contributed by atoms with Crippen LogP contribution in [0.4, 0.5) is 0 Å². The second-order valence-corrected chi connectivity index (χ2v) is 4.92. The average molecular weight is 228 g/mol. The van der Waals surface area contributed by atoms with Crippen molar-refractivity contribution in [1.82, 2.24) is 5.43 Å². The Morgan fingerprint density at radius 3 is 2.93 bits per heavy atom. The Labute approximate surface area is 93.6 Å². The first-order valence-corrected chi connectivity index (χ1v) is 5.83. The summed E-state index contributed by atoms with van der Waals surface area (Å²) in [6.07, 6.45) is 1.65. The first kappa shape index (κ1) is 12.1. The van der Waals surface area contributed by atoms with Gasteiger partial charge < -0.3 is 4.42 Å². The lowest BCUT2D eigenvalue weighted by molar-refractivity contribution is -0.128. The Hall–Kier alpha value is -0.940. The maximum atomic E-state index is 11.4. The van der Waals surface area contributed by atoms with Crippen LogP contribution in [0.15, 0.2) is 22.8 Å². The topological polar surface area (TPSA) is 68.3 Å². The molecule has 0 saturated carbocycles.